The van der Waals surface area contributed by atoms with Crippen molar-refractivity contribution in [2.24, 2.45) is 0 Å². The van der Waals surface area contributed by atoms with Crippen LogP contribution in [0, 0.1) is 11.6 Å². The standard InChI is InChI=1S/C17H16F2N4O2S.CH2O2/c18-13-2-4-17(15(19)9-13)26(24,25)23-16-10-14(3-1-12(16)11-21-23)22-7-5-20-6-8-22;2-1-3/h1-4,9-11,20H,5-8H2;1H,(H,2,3). The Hall–Kier alpha value is -3.05. The average Bonchev–Trinajstić information content (AvgIpc) is 3.13. The van der Waals surface area contributed by atoms with Crippen molar-refractivity contribution in [1.29, 1.82) is 0 Å². The highest BCUT2D eigenvalue weighted by Crippen LogP contribution is 2.26. The number of hydrogen-bond donors (Lipinski definition) is 2. The van der Waals surface area contributed by atoms with Crippen molar-refractivity contribution in [3.05, 3.63) is 54.2 Å². The number of fused-ring (bicyclic) bond motifs is 1. The van der Waals surface area contributed by atoms with E-state index in [0.717, 1.165) is 48.1 Å². The average molecular weight is 424 g/mol. The number of rotatable bonds is 3. The van der Waals surface area contributed by atoms with Crippen LogP contribution in [-0.4, -0.2) is 55.4 Å². The van der Waals surface area contributed by atoms with Crippen LogP contribution >= 0.6 is 0 Å². The minimum absolute atomic E-state index is 0.250. The number of carboxylic acid groups (broad SMARTS) is 1. The molecule has 4 rings (SSSR count). The highest BCUT2D eigenvalue weighted by molar-refractivity contribution is 7.90. The topological polar surface area (TPSA) is 105 Å². The van der Waals surface area contributed by atoms with Gasteiger partial charge in [-0.05, 0) is 30.3 Å². The van der Waals surface area contributed by atoms with Crippen LogP contribution in [-0.2, 0) is 14.8 Å². The summed E-state index contributed by atoms with van der Waals surface area (Å²) in [6.07, 6.45) is 1.41. The van der Waals surface area contributed by atoms with E-state index in [9.17, 15) is 17.2 Å². The Labute approximate surface area is 165 Å². The Bertz CT molecular complexity index is 1130. The quantitative estimate of drug-likeness (QED) is 0.616. The Morgan fingerprint density at radius 3 is 2.45 bits per heavy atom. The van der Waals surface area contributed by atoms with E-state index in [1.54, 1.807) is 12.1 Å². The zero-order chi connectivity index (χ0) is 21.0. The lowest BCUT2D eigenvalue weighted by atomic mass is 10.2. The molecule has 0 amide bonds. The first-order valence-corrected chi connectivity index (χ1v) is 10.0. The number of aromatic nitrogens is 2. The molecule has 1 aromatic heterocycles. The molecule has 0 atom stereocenters. The first kappa shape index (κ1) is 20.7. The van der Waals surface area contributed by atoms with Gasteiger partial charge in [0.1, 0.15) is 16.5 Å². The maximum atomic E-state index is 14.0. The fourth-order valence-electron chi connectivity index (χ4n) is 3.07. The van der Waals surface area contributed by atoms with Crippen molar-refractivity contribution in [1.82, 2.24) is 14.5 Å². The molecule has 1 saturated heterocycles. The second kappa shape index (κ2) is 8.53. The molecule has 2 N–H and O–H groups in total. The molecule has 0 aliphatic carbocycles. The first-order valence-electron chi connectivity index (χ1n) is 8.60. The molecule has 1 aliphatic heterocycles. The van der Waals surface area contributed by atoms with Gasteiger partial charge in [-0.1, -0.05) is 0 Å². The number of hydrogen-bond acceptors (Lipinski definition) is 6. The summed E-state index contributed by atoms with van der Waals surface area (Å²) in [5, 5.41) is 14.7. The van der Waals surface area contributed by atoms with Gasteiger partial charge in [0.05, 0.1) is 11.7 Å². The highest BCUT2D eigenvalue weighted by atomic mass is 32.2. The summed E-state index contributed by atoms with van der Waals surface area (Å²) in [6, 6.07) is 7.79. The molecule has 0 bridgehead atoms. The fourth-order valence-corrected chi connectivity index (χ4v) is 4.39. The maximum Gasteiger partial charge on any atom is 0.290 e. The van der Waals surface area contributed by atoms with Crippen LogP contribution in [0.25, 0.3) is 10.9 Å². The molecule has 1 fully saturated rings. The lowest BCUT2D eigenvalue weighted by Gasteiger charge is -2.29. The summed E-state index contributed by atoms with van der Waals surface area (Å²) in [5.41, 5.74) is 1.22. The second-order valence-electron chi connectivity index (χ2n) is 6.15. The van der Waals surface area contributed by atoms with Crippen molar-refractivity contribution in [3.8, 4) is 0 Å². The van der Waals surface area contributed by atoms with E-state index in [-0.39, 0.29) is 6.47 Å². The van der Waals surface area contributed by atoms with E-state index in [0.29, 0.717) is 17.0 Å². The van der Waals surface area contributed by atoms with Crippen LogP contribution in [0.5, 0.6) is 0 Å². The number of benzene rings is 2. The third-order valence-corrected chi connectivity index (χ3v) is 6.04. The molecule has 0 spiro atoms. The van der Waals surface area contributed by atoms with Gasteiger partial charge in [-0.25, -0.2) is 8.78 Å². The minimum atomic E-state index is -4.28. The summed E-state index contributed by atoms with van der Waals surface area (Å²) in [5.74, 6) is -1.99. The maximum absolute atomic E-state index is 14.0. The van der Waals surface area contributed by atoms with Gasteiger partial charge >= 0.3 is 0 Å². The number of halogens is 2. The smallest absolute Gasteiger partial charge is 0.290 e. The summed E-state index contributed by atoms with van der Waals surface area (Å²) in [6.45, 7) is 3.05. The van der Waals surface area contributed by atoms with Crippen molar-refractivity contribution >= 4 is 33.1 Å². The normalized spacial score (nSPS) is 14.3. The largest absolute Gasteiger partial charge is 0.483 e. The van der Waals surface area contributed by atoms with Crippen molar-refractivity contribution < 1.29 is 27.1 Å². The van der Waals surface area contributed by atoms with Crippen LogP contribution in [0.1, 0.15) is 0 Å². The third kappa shape index (κ3) is 4.20. The molecule has 0 unspecified atom stereocenters. The molecule has 0 radical (unpaired) electrons. The van der Waals surface area contributed by atoms with E-state index in [1.807, 2.05) is 6.07 Å². The molecule has 8 nitrogen and oxygen atoms in total. The molecule has 29 heavy (non-hydrogen) atoms. The van der Waals surface area contributed by atoms with E-state index in [2.05, 4.69) is 15.3 Å². The second-order valence-corrected chi connectivity index (χ2v) is 7.89. The Morgan fingerprint density at radius 2 is 1.79 bits per heavy atom. The number of carbonyl (C=O) groups is 1. The summed E-state index contributed by atoms with van der Waals surface area (Å²) >= 11 is 0. The molecule has 2 heterocycles. The summed E-state index contributed by atoms with van der Waals surface area (Å²) < 4.78 is 53.6. The van der Waals surface area contributed by atoms with Gasteiger partial charge < -0.3 is 15.3 Å². The van der Waals surface area contributed by atoms with E-state index >= 15 is 0 Å². The van der Waals surface area contributed by atoms with Crippen molar-refractivity contribution in [2.45, 2.75) is 4.90 Å². The van der Waals surface area contributed by atoms with Crippen LogP contribution in [0.15, 0.2) is 47.5 Å². The molecule has 1 aliphatic rings. The molecule has 2 aromatic carbocycles. The monoisotopic (exact) mass is 424 g/mol. The van der Waals surface area contributed by atoms with Gasteiger partial charge in [0.2, 0.25) is 0 Å². The van der Waals surface area contributed by atoms with Gasteiger partial charge in [0.25, 0.3) is 16.5 Å². The number of piperazine rings is 1. The third-order valence-electron chi connectivity index (χ3n) is 4.40. The lowest BCUT2D eigenvalue weighted by Crippen LogP contribution is -2.43. The zero-order valence-corrected chi connectivity index (χ0v) is 15.9. The number of nitrogens with zero attached hydrogens (tertiary/aromatic N) is 3. The van der Waals surface area contributed by atoms with Crippen LogP contribution < -0.4 is 10.2 Å². The van der Waals surface area contributed by atoms with Crippen LogP contribution in [0.3, 0.4) is 0 Å². The Kier molecular flexibility index (Phi) is 6.09. The van der Waals surface area contributed by atoms with Crippen molar-refractivity contribution in [2.75, 3.05) is 31.1 Å². The Balaban J connectivity index is 0.000000755. The fraction of sp³-hybridized carbons (Fsp3) is 0.222. The molecule has 0 saturated carbocycles. The molecule has 3 aromatic rings. The molecular weight excluding hydrogens is 406 g/mol. The highest BCUT2D eigenvalue weighted by Gasteiger charge is 2.25. The summed E-state index contributed by atoms with van der Waals surface area (Å²) in [4.78, 5) is 9.88. The SMILES string of the molecule is O=CO.O=S(=O)(c1ccc(F)cc1F)n1ncc2ccc(N3CCNCC3)cc21. The number of anilines is 1. The zero-order valence-electron chi connectivity index (χ0n) is 15.1. The van der Waals surface area contributed by atoms with E-state index < -0.39 is 26.6 Å². The summed E-state index contributed by atoms with van der Waals surface area (Å²) in [7, 11) is -4.28. The predicted octanol–water partition coefficient (Wildman–Crippen LogP) is 1.66. The van der Waals surface area contributed by atoms with Gasteiger partial charge in [0.15, 0.2) is 0 Å². The van der Waals surface area contributed by atoms with Gasteiger partial charge in [-0.15, -0.1) is 0 Å². The first-order chi connectivity index (χ1) is 13.9. The predicted molar refractivity (Wildman–Crippen MR) is 102 cm³/mol. The molecule has 154 valence electrons. The number of nitrogens with one attached hydrogen (secondary N) is 1. The van der Waals surface area contributed by atoms with Gasteiger partial charge in [0, 0.05) is 43.3 Å². The molecule has 11 heteroatoms. The minimum Gasteiger partial charge on any atom is -0.483 e. The Morgan fingerprint density at radius 1 is 1.10 bits per heavy atom. The van der Waals surface area contributed by atoms with Gasteiger partial charge in [-0.3, -0.25) is 4.79 Å². The van der Waals surface area contributed by atoms with E-state index in [4.69, 9.17) is 9.90 Å². The lowest BCUT2D eigenvalue weighted by molar-refractivity contribution is -0.122. The van der Waals surface area contributed by atoms with Crippen LogP contribution in [0.4, 0.5) is 14.5 Å². The molecular formula is C18H18F2N4O4S. The van der Waals surface area contributed by atoms with Crippen LogP contribution in [0.2, 0.25) is 0 Å². The van der Waals surface area contributed by atoms with E-state index in [1.165, 1.54) is 6.20 Å². The van der Waals surface area contributed by atoms with Crippen molar-refractivity contribution in [3.63, 3.8) is 0 Å². The van der Waals surface area contributed by atoms with Gasteiger partial charge in [-0.2, -0.15) is 17.6 Å².